The molecule has 2 aliphatic rings. The average molecular weight is 439 g/mol. The molecule has 0 bridgehead atoms. The van der Waals surface area contributed by atoms with Crippen molar-refractivity contribution in [1.82, 2.24) is 15.3 Å². The van der Waals surface area contributed by atoms with E-state index in [0.717, 1.165) is 54.4 Å². The van der Waals surface area contributed by atoms with Gasteiger partial charge in [0.2, 0.25) is 11.9 Å². The number of hydrogen-bond acceptors (Lipinski definition) is 6. The standard InChI is InChI=1S/C25H34N4O3/c1-16-14-29(15-17(2)32-16)24-26-13-20-21(11-25(3,4)12-22(20)28-24)27-23(30)10-18-7-6-8-19(9-18)31-5/h6-9,13,16-17,21H,10-12,14-15H2,1-5H3,(H,27,30). The molecule has 32 heavy (non-hydrogen) atoms. The van der Waals surface area contributed by atoms with E-state index < -0.39 is 0 Å². The van der Waals surface area contributed by atoms with Gasteiger partial charge in [0.1, 0.15) is 5.75 Å². The summed E-state index contributed by atoms with van der Waals surface area (Å²) >= 11 is 0. The topological polar surface area (TPSA) is 76.6 Å². The molecule has 3 unspecified atom stereocenters. The molecule has 2 heterocycles. The number of benzene rings is 1. The van der Waals surface area contributed by atoms with Crippen LogP contribution in [-0.2, 0) is 22.4 Å². The molecule has 7 heteroatoms. The SMILES string of the molecule is COc1cccc(CC(=O)NC2CC(C)(C)Cc3nc(N4CC(C)OC(C)C4)ncc32)c1. The highest BCUT2D eigenvalue weighted by molar-refractivity contribution is 5.79. The van der Waals surface area contributed by atoms with Crippen molar-refractivity contribution in [1.29, 1.82) is 0 Å². The van der Waals surface area contributed by atoms with E-state index in [2.05, 4.69) is 42.9 Å². The molecule has 2 aromatic rings. The van der Waals surface area contributed by atoms with Crippen molar-refractivity contribution >= 4 is 11.9 Å². The zero-order valence-corrected chi connectivity index (χ0v) is 19.7. The Morgan fingerprint density at radius 1 is 1.28 bits per heavy atom. The molecule has 1 aromatic carbocycles. The molecule has 0 radical (unpaired) electrons. The number of amides is 1. The van der Waals surface area contributed by atoms with Crippen LogP contribution in [0, 0.1) is 5.41 Å². The average Bonchev–Trinajstić information content (AvgIpc) is 2.71. The van der Waals surface area contributed by atoms with Gasteiger partial charge in [-0.25, -0.2) is 9.97 Å². The largest absolute Gasteiger partial charge is 0.497 e. The second kappa shape index (κ2) is 9.06. The fourth-order valence-electron chi connectivity index (χ4n) is 4.87. The number of ether oxygens (including phenoxy) is 2. The lowest BCUT2D eigenvalue weighted by molar-refractivity contribution is -0.121. The van der Waals surface area contributed by atoms with Crippen molar-refractivity contribution in [3.8, 4) is 5.75 Å². The van der Waals surface area contributed by atoms with Crippen molar-refractivity contribution in [3.63, 3.8) is 0 Å². The predicted molar refractivity (Wildman–Crippen MR) is 124 cm³/mol. The number of nitrogens with zero attached hydrogens (tertiary/aromatic N) is 3. The Kier molecular flexibility index (Phi) is 6.38. The third kappa shape index (κ3) is 5.21. The van der Waals surface area contributed by atoms with Gasteiger partial charge in [0.05, 0.1) is 37.5 Å². The summed E-state index contributed by atoms with van der Waals surface area (Å²) in [6.07, 6.45) is 4.25. The number of carbonyl (C=O) groups excluding carboxylic acids is 1. The maximum Gasteiger partial charge on any atom is 0.225 e. The lowest BCUT2D eigenvalue weighted by Gasteiger charge is -2.38. The Morgan fingerprint density at radius 3 is 2.75 bits per heavy atom. The molecule has 1 amide bonds. The molecular formula is C25H34N4O3. The van der Waals surface area contributed by atoms with Gasteiger partial charge in [-0.15, -0.1) is 0 Å². The van der Waals surface area contributed by atoms with Crippen LogP contribution in [-0.4, -0.2) is 48.3 Å². The summed E-state index contributed by atoms with van der Waals surface area (Å²) in [5.74, 6) is 1.50. The maximum atomic E-state index is 12.9. The number of methoxy groups -OCH3 is 1. The second-order valence-electron chi connectivity index (χ2n) is 9.93. The van der Waals surface area contributed by atoms with Gasteiger partial charge in [0, 0.05) is 24.8 Å². The Balaban J connectivity index is 1.52. The van der Waals surface area contributed by atoms with E-state index in [-0.39, 0.29) is 29.6 Å². The molecule has 7 nitrogen and oxygen atoms in total. The van der Waals surface area contributed by atoms with Gasteiger partial charge in [0.25, 0.3) is 0 Å². The second-order valence-corrected chi connectivity index (χ2v) is 9.93. The molecule has 1 N–H and O–H groups in total. The Bertz CT molecular complexity index is 967. The Morgan fingerprint density at radius 2 is 2.03 bits per heavy atom. The molecule has 0 spiro atoms. The molecule has 3 atom stereocenters. The molecule has 1 saturated heterocycles. The van der Waals surface area contributed by atoms with Crippen LogP contribution in [0.15, 0.2) is 30.5 Å². The quantitative estimate of drug-likeness (QED) is 0.770. The van der Waals surface area contributed by atoms with E-state index in [4.69, 9.17) is 14.5 Å². The molecule has 0 saturated carbocycles. The smallest absolute Gasteiger partial charge is 0.225 e. The summed E-state index contributed by atoms with van der Waals surface area (Å²) < 4.78 is 11.1. The van der Waals surface area contributed by atoms with Crippen LogP contribution in [0.1, 0.15) is 57.0 Å². The summed E-state index contributed by atoms with van der Waals surface area (Å²) in [6, 6.07) is 7.54. The highest BCUT2D eigenvalue weighted by Crippen LogP contribution is 2.40. The third-order valence-electron chi connectivity index (χ3n) is 6.20. The van der Waals surface area contributed by atoms with Crippen molar-refractivity contribution in [3.05, 3.63) is 47.3 Å². The van der Waals surface area contributed by atoms with E-state index in [1.165, 1.54) is 0 Å². The Labute approximate surface area is 190 Å². The van der Waals surface area contributed by atoms with Crippen molar-refractivity contribution < 1.29 is 14.3 Å². The number of fused-ring (bicyclic) bond motifs is 1. The van der Waals surface area contributed by atoms with E-state index in [9.17, 15) is 4.79 Å². The molecular weight excluding hydrogens is 404 g/mol. The van der Waals surface area contributed by atoms with Gasteiger partial charge < -0.3 is 19.7 Å². The minimum Gasteiger partial charge on any atom is -0.497 e. The van der Waals surface area contributed by atoms with Crippen LogP contribution in [0.4, 0.5) is 5.95 Å². The van der Waals surface area contributed by atoms with Gasteiger partial charge in [0.15, 0.2) is 0 Å². The van der Waals surface area contributed by atoms with Gasteiger partial charge in [-0.3, -0.25) is 4.79 Å². The number of hydrogen-bond donors (Lipinski definition) is 1. The predicted octanol–water partition coefficient (Wildman–Crippen LogP) is 3.47. The van der Waals surface area contributed by atoms with Crippen molar-refractivity contribution in [2.45, 2.75) is 65.2 Å². The minimum absolute atomic E-state index is 0.00758. The van der Waals surface area contributed by atoms with E-state index in [0.29, 0.717) is 6.42 Å². The molecule has 172 valence electrons. The third-order valence-corrected chi connectivity index (χ3v) is 6.20. The number of anilines is 1. The highest BCUT2D eigenvalue weighted by Gasteiger charge is 2.35. The zero-order valence-electron chi connectivity index (χ0n) is 19.7. The number of carbonyl (C=O) groups is 1. The van der Waals surface area contributed by atoms with Crippen LogP contribution in [0.5, 0.6) is 5.75 Å². The molecule has 1 aliphatic heterocycles. The van der Waals surface area contributed by atoms with Crippen LogP contribution >= 0.6 is 0 Å². The normalized spacial score (nSPS) is 24.5. The fraction of sp³-hybridized carbons (Fsp3) is 0.560. The first-order chi connectivity index (χ1) is 15.2. The monoisotopic (exact) mass is 438 g/mol. The first kappa shape index (κ1) is 22.5. The summed E-state index contributed by atoms with van der Waals surface area (Å²) in [5, 5.41) is 3.24. The lowest BCUT2D eigenvalue weighted by Crippen LogP contribution is -2.46. The molecule has 1 aliphatic carbocycles. The first-order valence-electron chi connectivity index (χ1n) is 11.4. The summed E-state index contributed by atoms with van der Waals surface area (Å²) in [5.41, 5.74) is 3.03. The van der Waals surface area contributed by atoms with Crippen molar-refractivity contribution in [2.75, 3.05) is 25.1 Å². The van der Waals surface area contributed by atoms with Gasteiger partial charge in [-0.1, -0.05) is 26.0 Å². The number of rotatable bonds is 5. The number of nitrogens with one attached hydrogen (secondary N) is 1. The molecule has 4 rings (SSSR count). The summed E-state index contributed by atoms with van der Waals surface area (Å²) in [7, 11) is 1.63. The van der Waals surface area contributed by atoms with Crippen LogP contribution in [0.25, 0.3) is 0 Å². The van der Waals surface area contributed by atoms with Gasteiger partial charge in [-0.05, 0) is 49.8 Å². The van der Waals surface area contributed by atoms with E-state index in [1.807, 2.05) is 30.5 Å². The highest BCUT2D eigenvalue weighted by atomic mass is 16.5. The maximum absolute atomic E-state index is 12.9. The molecule has 1 fully saturated rings. The summed E-state index contributed by atoms with van der Waals surface area (Å²) in [4.78, 5) is 24.7. The van der Waals surface area contributed by atoms with E-state index >= 15 is 0 Å². The summed E-state index contributed by atoms with van der Waals surface area (Å²) in [6.45, 7) is 10.2. The molecule has 1 aromatic heterocycles. The first-order valence-corrected chi connectivity index (χ1v) is 11.4. The van der Waals surface area contributed by atoms with Crippen molar-refractivity contribution in [2.24, 2.45) is 5.41 Å². The Hall–Kier alpha value is -2.67. The fourth-order valence-corrected chi connectivity index (χ4v) is 4.87. The van der Waals surface area contributed by atoms with Crippen LogP contribution in [0.3, 0.4) is 0 Å². The van der Waals surface area contributed by atoms with Crippen LogP contribution in [0.2, 0.25) is 0 Å². The lowest BCUT2D eigenvalue weighted by atomic mass is 9.74. The zero-order chi connectivity index (χ0) is 22.9. The van der Waals surface area contributed by atoms with Gasteiger partial charge in [-0.2, -0.15) is 0 Å². The minimum atomic E-state index is -0.0940. The van der Waals surface area contributed by atoms with Gasteiger partial charge >= 0.3 is 0 Å². The van der Waals surface area contributed by atoms with E-state index in [1.54, 1.807) is 7.11 Å². The number of aromatic nitrogens is 2. The van der Waals surface area contributed by atoms with Crippen LogP contribution < -0.4 is 15.0 Å². The number of morpholine rings is 1.